The van der Waals surface area contributed by atoms with E-state index in [0.717, 1.165) is 18.8 Å². The lowest BCUT2D eigenvalue weighted by molar-refractivity contribution is 0.161. The highest BCUT2D eigenvalue weighted by molar-refractivity contribution is 5.71. The first-order chi connectivity index (χ1) is 6.92. The largest absolute Gasteiger partial charge is 0.496 e. The van der Waals surface area contributed by atoms with Gasteiger partial charge in [0.2, 0.25) is 0 Å². The number of methoxy groups -OCH3 is 1. The molecule has 14 heavy (non-hydrogen) atoms. The van der Waals surface area contributed by atoms with E-state index in [0.29, 0.717) is 6.61 Å². The van der Waals surface area contributed by atoms with Gasteiger partial charge in [-0.25, -0.2) is 0 Å². The zero-order chi connectivity index (χ0) is 9.80. The monoisotopic (exact) mass is 190 g/mol. The predicted molar refractivity (Wildman–Crippen MR) is 56.4 cm³/mol. The first kappa shape index (κ1) is 9.28. The molecule has 0 aromatic heterocycles. The predicted octanol–water partition coefficient (Wildman–Crippen LogP) is 2.50. The number of ether oxygens (including phenoxy) is 2. The molecule has 1 aliphatic rings. The molecule has 0 N–H and O–H groups in total. The topological polar surface area (TPSA) is 18.5 Å². The van der Waals surface area contributed by atoms with Gasteiger partial charge in [-0.2, -0.15) is 0 Å². The Kier molecular flexibility index (Phi) is 2.84. The van der Waals surface area contributed by atoms with Crippen molar-refractivity contribution in [3.05, 3.63) is 35.9 Å². The van der Waals surface area contributed by atoms with E-state index in [1.54, 1.807) is 7.11 Å². The van der Waals surface area contributed by atoms with Crippen LogP contribution < -0.4 is 4.74 Å². The van der Waals surface area contributed by atoms with Crippen molar-refractivity contribution >= 4 is 5.57 Å². The average Bonchev–Trinajstić information content (AvgIpc) is 2.30. The van der Waals surface area contributed by atoms with Crippen LogP contribution in [-0.2, 0) is 4.74 Å². The molecule has 0 spiro atoms. The lowest BCUT2D eigenvalue weighted by atomic mass is 10.0. The zero-order valence-electron chi connectivity index (χ0n) is 8.32. The van der Waals surface area contributed by atoms with Crippen LogP contribution in [0.4, 0.5) is 0 Å². The van der Waals surface area contributed by atoms with Crippen LogP contribution in [0.2, 0.25) is 0 Å². The van der Waals surface area contributed by atoms with E-state index in [2.05, 4.69) is 12.1 Å². The summed E-state index contributed by atoms with van der Waals surface area (Å²) in [6, 6.07) is 8.11. The van der Waals surface area contributed by atoms with Gasteiger partial charge in [-0.15, -0.1) is 0 Å². The second kappa shape index (κ2) is 4.29. The molecule has 0 radical (unpaired) electrons. The number of rotatable bonds is 2. The van der Waals surface area contributed by atoms with Crippen molar-refractivity contribution in [3.8, 4) is 5.75 Å². The van der Waals surface area contributed by atoms with Crippen molar-refractivity contribution in [2.24, 2.45) is 0 Å². The number of para-hydroxylation sites is 1. The summed E-state index contributed by atoms with van der Waals surface area (Å²) in [5.74, 6) is 0.945. The molecule has 1 heterocycles. The second-order valence-corrected chi connectivity index (χ2v) is 3.25. The minimum absolute atomic E-state index is 0.716. The fraction of sp³-hybridized carbons (Fsp3) is 0.333. The summed E-state index contributed by atoms with van der Waals surface area (Å²) < 4.78 is 10.6. The van der Waals surface area contributed by atoms with E-state index in [1.807, 2.05) is 18.2 Å². The third-order valence-electron chi connectivity index (χ3n) is 2.42. The average molecular weight is 190 g/mol. The molecule has 0 unspecified atom stereocenters. The first-order valence-corrected chi connectivity index (χ1v) is 4.82. The Morgan fingerprint density at radius 2 is 2.14 bits per heavy atom. The Labute approximate surface area is 84.2 Å². The standard InChI is InChI=1S/C12H14O2/c1-13-12-5-3-2-4-11(12)10-6-8-14-9-7-10/h2-6H,7-9H2,1H3. The summed E-state index contributed by atoms with van der Waals surface area (Å²) in [6.45, 7) is 1.53. The maximum atomic E-state index is 5.32. The zero-order valence-corrected chi connectivity index (χ0v) is 8.32. The Balaban J connectivity index is 2.34. The van der Waals surface area contributed by atoms with Crippen molar-refractivity contribution in [2.45, 2.75) is 6.42 Å². The van der Waals surface area contributed by atoms with Crippen LogP contribution in [0.5, 0.6) is 5.75 Å². The highest BCUT2D eigenvalue weighted by Crippen LogP contribution is 2.29. The van der Waals surface area contributed by atoms with Gasteiger partial charge in [0.15, 0.2) is 0 Å². The third kappa shape index (κ3) is 1.80. The Hall–Kier alpha value is -1.28. The van der Waals surface area contributed by atoms with Crippen LogP contribution in [0.1, 0.15) is 12.0 Å². The summed E-state index contributed by atoms with van der Waals surface area (Å²) in [4.78, 5) is 0. The van der Waals surface area contributed by atoms with Gasteiger partial charge in [-0.1, -0.05) is 24.3 Å². The molecule has 0 bridgehead atoms. The van der Waals surface area contributed by atoms with E-state index in [4.69, 9.17) is 9.47 Å². The van der Waals surface area contributed by atoms with E-state index in [9.17, 15) is 0 Å². The summed E-state index contributed by atoms with van der Waals surface area (Å²) in [7, 11) is 1.71. The van der Waals surface area contributed by atoms with E-state index < -0.39 is 0 Å². The van der Waals surface area contributed by atoms with Crippen molar-refractivity contribution in [1.29, 1.82) is 0 Å². The molecule has 2 rings (SSSR count). The van der Waals surface area contributed by atoms with Gasteiger partial charge in [-0.05, 0) is 18.1 Å². The van der Waals surface area contributed by atoms with Gasteiger partial charge in [0.1, 0.15) is 5.75 Å². The third-order valence-corrected chi connectivity index (χ3v) is 2.42. The molecule has 0 fully saturated rings. The van der Waals surface area contributed by atoms with Crippen molar-refractivity contribution in [1.82, 2.24) is 0 Å². The fourth-order valence-corrected chi connectivity index (χ4v) is 1.68. The molecular weight excluding hydrogens is 176 g/mol. The summed E-state index contributed by atoms with van der Waals surface area (Å²) in [6.07, 6.45) is 3.10. The van der Waals surface area contributed by atoms with Crippen LogP contribution in [0, 0.1) is 0 Å². The minimum atomic E-state index is 0.716. The Morgan fingerprint density at radius 1 is 1.29 bits per heavy atom. The first-order valence-electron chi connectivity index (χ1n) is 4.82. The maximum absolute atomic E-state index is 5.32. The van der Waals surface area contributed by atoms with Crippen molar-refractivity contribution in [3.63, 3.8) is 0 Å². The lowest BCUT2D eigenvalue weighted by Crippen LogP contribution is -2.04. The molecule has 1 aliphatic heterocycles. The molecule has 0 saturated carbocycles. The smallest absolute Gasteiger partial charge is 0.126 e. The van der Waals surface area contributed by atoms with E-state index >= 15 is 0 Å². The molecule has 2 heteroatoms. The molecule has 1 aromatic rings. The van der Waals surface area contributed by atoms with Crippen LogP contribution in [0.15, 0.2) is 30.3 Å². The van der Waals surface area contributed by atoms with Crippen LogP contribution >= 0.6 is 0 Å². The Morgan fingerprint density at radius 3 is 2.86 bits per heavy atom. The summed E-state index contributed by atoms with van der Waals surface area (Å²) in [5, 5.41) is 0. The molecule has 74 valence electrons. The quantitative estimate of drug-likeness (QED) is 0.713. The van der Waals surface area contributed by atoms with Crippen LogP contribution in [0.3, 0.4) is 0 Å². The molecule has 0 atom stereocenters. The van der Waals surface area contributed by atoms with Crippen molar-refractivity contribution in [2.75, 3.05) is 20.3 Å². The number of benzene rings is 1. The molecule has 0 amide bonds. The van der Waals surface area contributed by atoms with Gasteiger partial charge in [-0.3, -0.25) is 0 Å². The molecule has 1 aromatic carbocycles. The summed E-state index contributed by atoms with van der Waals surface area (Å²) in [5.41, 5.74) is 2.52. The number of hydrogen-bond acceptors (Lipinski definition) is 2. The summed E-state index contributed by atoms with van der Waals surface area (Å²) >= 11 is 0. The highest BCUT2D eigenvalue weighted by Gasteiger charge is 2.10. The van der Waals surface area contributed by atoms with Crippen LogP contribution in [0.25, 0.3) is 5.57 Å². The van der Waals surface area contributed by atoms with Crippen LogP contribution in [-0.4, -0.2) is 20.3 Å². The molecule has 0 aliphatic carbocycles. The maximum Gasteiger partial charge on any atom is 0.126 e. The Bertz CT molecular complexity index is 342. The minimum Gasteiger partial charge on any atom is -0.496 e. The molecular formula is C12H14O2. The van der Waals surface area contributed by atoms with Gasteiger partial charge >= 0.3 is 0 Å². The van der Waals surface area contributed by atoms with Gasteiger partial charge in [0.25, 0.3) is 0 Å². The SMILES string of the molecule is COc1ccccc1C1=CCOCC1. The number of hydrogen-bond donors (Lipinski definition) is 0. The van der Waals surface area contributed by atoms with E-state index in [-0.39, 0.29) is 0 Å². The van der Waals surface area contributed by atoms with Gasteiger partial charge < -0.3 is 9.47 Å². The van der Waals surface area contributed by atoms with Gasteiger partial charge in [0, 0.05) is 5.56 Å². The fourth-order valence-electron chi connectivity index (χ4n) is 1.68. The lowest BCUT2D eigenvalue weighted by Gasteiger charge is -2.15. The van der Waals surface area contributed by atoms with Crippen molar-refractivity contribution < 1.29 is 9.47 Å². The normalized spacial score (nSPS) is 16.2. The van der Waals surface area contributed by atoms with E-state index in [1.165, 1.54) is 11.1 Å². The van der Waals surface area contributed by atoms with Gasteiger partial charge in [0.05, 0.1) is 20.3 Å². The highest BCUT2D eigenvalue weighted by atomic mass is 16.5. The second-order valence-electron chi connectivity index (χ2n) is 3.25. The molecule has 0 saturated heterocycles. The molecule has 2 nitrogen and oxygen atoms in total.